The number of allylic oxidation sites excluding steroid dienone is 1. The minimum atomic E-state index is -0.914. The summed E-state index contributed by atoms with van der Waals surface area (Å²) in [5.41, 5.74) is 2.10. The average Bonchev–Trinajstić information content (AvgIpc) is 3.13. The maximum atomic E-state index is 10.5. The Hall–Kier alpha value is -2.30. The maximum absolute atomic E-state index is 10.5. The first kappa shape index (κ1) is 19.0. The Bertz CT molecular complexity index is 688. The molecule has 3 N–H and O–H groups in total. The zero-order chi connectivity index (χ0) is 18.2. The number of rotatable bonds is 9. The van der Waals surface area contributed by atoms with Gasteiger partial charge in [0.2, 0.25) is 0 Å². The highest BCUT2D eigenvalue weighted by atomic mass is 16.4. The van der Waals surface area contributed by atoms with Crippen LogP contribution < -0.4 is 0 Å². The lowest BCUT2D eigenvalue weighted by molar-refractivity contribution is 0.0208. The van der Waals surface area contributed by atoms with E-state index in [2.05, 4.69) is 13.5 Å². The zero-order valence-electron chi connectivity index (χ0n) is 14.5. The molecule has 3 atom stereocenters. The zero-order valence-corrected chi connectivity index (χ0v) is 14.5. The highest BCUT2D eigenvalue weighted by Crippen LogP contribution is 2.29. The van der Waals surface area contributed by atoms with E-state index in [1.54, 1.807) is 36.4 Å². The van der Waals surface area contributed by atoms with Crippen LogP contribution in [-0.4, -0.2) is 21.4 Å². The lowest BCUT2D eigenvalue weighted by Crippen LogP contribution is -2.25. The molecule has 25 heavy (non-hydrogen) atoms. The van der Waals surface area contributed by atoms with Gasteiger partial charge in [-0.15, -0.1) is 6.58 Å². The summed E-state index contributed by atoms with van der Waals surface area (Å²) in [4.78, 5) is 0. The molecule has 0 amide bonds. The molecule has 0 bridgehead atoms. The number of hydrogen-bond donors (Lipinski definition) is 3. The van der Waals surface area contributed by atoms with E-state index >= 15 is 0 Å². The van der Waals surface area contributed by atoms with Crippen LogP contribution >= 0.6 is 0 Å². The van der Waals surface area contributed by atoms with E-state index in [4.69, 9.17) is 4.42 Å². The second kappa shape index (κ2) is 9.25. The van der Waals surface area contributed by atoms with Gasteiger partial charge in [-0.1, -0.05) is 36.8 Å². The molecule has 2 rings (SSSR count). The smallest absolute Gasteiger partial charge is 0.132 e. The molecule has 0 aliphatic carbocycles. The van der Waals surface area contributed by atoms with Crippen molar-refractivity contribution in [3.8, 4) is 5.75 Å². The first-order valence-electron chi connectivity index (χ1n) is 8.55. The molecule has 0 aliphatic heterocycles. The lowest BCUT2D eigenvalue weighted by atomic mass is 9.90. The molecule has 0 saturated heterocycles. The van der Waals surface area contributed by atoms with Crippen molar-refractivity contribution < 1.29 is 19.7 Å². The van der Waals surface area contributed by atoms with Gasteiger partial charge in [0, 0.05) is 5.92 Å². The van der Waals surface area contributed by atoms with Crippen molar-refractivity contribution in [3.63, 3.8) is 0 Å². The molecule has 1 aromatic heterocycles. The number of aromatic hydroxyl groups is 1. The van der Waals surface area contributed by atoms with E-state index in [9.17, 15) is 15.3 Å². The molecule has 0 aliphatic rings. The Morgan fingerprint density at radius 2 is 2.04 bits per heavy atom. The summed E-state index contributed by atoms with van der Waals surface area (Å²) in [5, 5.41) is 30.4. The van der Waals surface area contributed by atoms with Gasteiger partial charge in [0.25, 0.3) is 0 Å². The number of benzene rings is 1. The maximum Gasteiger partial charge on any atom is 0.132 e. The summed E-state index contributed by atoms with van der Waals surface area (Å²) in [6.45, 7) is 5.79. The van der Waals surface area contributed by atoms with Gasteiger partial charge in [0.05, 0.1) is 12.4 Å². The summed E-state index contributed by atoms with van der Waals surface area (Å²) in [5.74, 6) is 0.164. The van der Waals surface area contributed by atoms with Crippen LogP contribution in [0.4, 0.5) is 0 Å². The molecule has 1 aromatic carbocycles. The van der Waals surface area contributed by atoms with Gasteiger partial charge in [0.1, 0.15) is 17.6 Å². The van der Waals surface area contributed by atoms with E-state index < -0.39 is 18.1 Å². The first-order valence-corrected chi connectivity index (χ1v) is 8.55. The lowest BCUT2D eigenvalue weighted by Gasteiger charge is -2.24. The van der Waals surface area contributed by atoms with Gasteiger partial charge in [-0.05, 0) is 49.1 Å². The third kappa shape index (κ3) is 5.34. The largest absolute Gasteiger partial charge is 0.508 e. The fourth-order valence-electron chi connectivity index (χ4n) is 2.87. The number of phenolic OH excluding ortho intramolecular Hbond substituents is 1. The molecule has 134 valence electrons. The van der Waals surface area contributed by atoms with Crippen molar-refractivity contribution in [2.24, 2.45) is 5.92 Å². The second-order valence-electron chi connectivity index (χ2n) is 6.13. The van der Waals surface area contributed by atoms with E-state index in [0.717, 1.165) is 12.0 Å². The van der Waals surface area contributed by atoms with Gasteiger partial charge >= 0.3 is 0 Å². The number of hydrogen-bond acceptors (Lipinski definition) is 4. The van der Waals surface area contributed by atoms with Gasteiger partial charge < -0.3 is 19.7 Å². The number of aliphatic hydroxyl groups excluding tert-OH is 2. The Morgan fingerprint density at radius 1 is 1.24 bits per heavy atom. The Balaban J connectivity index is 2.00. The van der Waals surface area contributed by atoms with Gasteiger partial charge in [0.15, 0.2) is 0 Å². The van der Waals surface area contributed by atoms with Crippen molar-refractivity contribution >= 4 is 6.08 Å². The van der Waals surface area contributed by atoms with Crippen molar-refractivity contribution in [2.75, 3.05) is 0 Å². The molecule has 0 unspecified atom stereocenters. The van der Waals surface area contributed by atoms with Gasteiger partial charge in [-0.3, -0.25) is 0 Å². The minimum absolute atomic E-state index is 0.234. The molecule has 0 fully saturated rings. The highest BCUT2D eigenvalue weighted by Gasteiger charge is 2.27. The molecule has 2 aromatic rings. The third-order valence-electron chi connectivity index (χ3n) is 4.37. The molecular formula is C21H26O4. The van der Waals surface area contributed by atoms with Crippen LogP contribution in [-0.2, 0) is 0 Å². The third-order valence-corrected chi connectivity index (χ3v) is 4.37. The van der Waals surface area contributed by atoms with Crippen molar-refractivity contribution in [3.05, 3.63) is 72.2 Å². The first-order chi connectivity index (χ1) is 12.0. The molecular weight excluding hydrogens is 316 g/mol. The van der Waals surface area contributed by atoms with Crippen LogP contribution in [0, 0.1) is 5.92 Å². The molecule has 0 spiro atoms. The highest BCUT2D eigenvalue weighted by molar-refractivity contribution is 5.54. The van der Waals surface area contributed by atoms with Crippen LogP contribution in [0.1, 0.15) is 43.6 Å². The predicted molar refractivity (Wildman–Crippen MR) is 99.0 cm³/mol. The number of phenols is 1. The fourth-order valence-corrected chi connectivity index (χ4v) is 2.87. The Kier molecular flexibility index (Phi) is 7.04. The normalized spacial score (nSPS) is 15.6. The monoisotopic (exact) mass is 342 g/mol. The standard InChI is InChI=1S/C21H26O4/c1-3-15(13-16-7-5-8-17(22)14-16)10-11-19(23)18(4-2)21(24)20-9-6-12-25-20/h4-9,12-14,18-19,21-24H,2-3,10-11H2,1H3/b15-13+/t18-,19-,21+/m1/s1. The van der Waals surface area contributed by atoms with E-state index in [-0.39, 0.29) is 5.75 Å². The van der Waals surface area contributed by atoms with Crippen LogP contribution in [0.15, 0.2) is 65.3 Å². The van der Waals surface area contributed by atoms with E-state index in [1.165, 1.54) is 11.8 Å². The SMILES string of the molecule is C=C[C@H]([C@H](O)CC/C(=C/c1cccc(O)c1)CC)[C@H](O)c1ccco1. The van der Waals surface area contributed by atoms with Gasteiger partial charge in [-0.25, -0.2) is 0 Å². The Labute approximate surface area is 148 Å². The quantitative estimate of drug-likeness (QED) is 0.588. The van der Waals surface area contributed by atoms with Crippen LogP contribution in [0.5, 0.6) is 5.75 Å². The molecule has 4 heteroatoms. The average molecular weight is 342 g/mol. The fraction of sp³-hybridized carbons (Fsp3) is 0.333. The minimum Gasteiger partial charge on any atom is -0.508 e. The summed E-state index contributed by atoms with van der Waals surface area (Å²) in [7, 11) is 0. The van der Waals surface area contributed by atoms with Crippen LogP contribution in [0.25, 0.3) is 6.08 Å². The molecule has 0 radical (unpaired) electrons. The molecule has 1 heterocycles. The summed E-state index contributed by atoms with van der Waals surface area (Å²) in [6.07, 6.45) is 5.51. The van der Waals surface area contributed by atoms with E-state index in [1.807, 2.05) is 12.1 Å². The second-order valence-corrected chi connectivity index (χ2v) is 6.13. The number of furan rings is 1. The summed E-state index contributed by atoms with van der Waals surface area (Å²) >= 11 is 0. The number of aliphatic hydroxyl groups is 2. The van der Waals surface area contributed by atoms with Gasteiger partial charge in [-0.2, -0.15) is 0 Å². The van der Waals surface area contributed by atoms with E-state index in [0.29, 0.717) is 18.6 Å². The molecule has 4 nitrogen and oxygen atoms in total. The van der Waals surface area contributed by atoms with Crippen molar-refractivity contribution in [2.45, 2.75) is 38.4 Å². The van der Waals surface area contributed by atoms with Crippen molar-refractivity contribution in [1.82, 2.24) is 0 Å². The predicted octanol–water partition coefficient (Wildman–Crippen LogP) is 4.46. The van der Waals surface area contributed by atoms with Crippen LogP contribution in [0.3, 0.4) is 0 Å². The molecule has 0 saturated carbocycles. The Morgan fingerprint density at radius 3 is 2.64 bits per heavy atom. The van der Waals surface area contributed by atoms with Crippen LogP contribution in [0.2, 0.25) is 0 Å². The topological polar surface area (TPSA) is 73.8 Å². The summed E-state index contributed by atoms with van der Waals surface area (Å²) in [6, 6.07) is 10.5. The van der Waals surface area contributed by atoms with Crippen molar-refractivity contribution in [1.29, 1.82) is 0 Å². The summed E-state index contributed by atoms with van der Waals surface area (Å²) < 4.78 is 5.22.